The van der Waals surface area contributed by atoms with Crippen molar-refractivity contribution in [2.24, 2.45) is 5.73 Å². The maximum atomic E-state index is 10.9. The third-order valence-electron chi connectivity index (χ3n) is 2.92. The maximum absolute atomic E-state index is 10.9. The van der Waals surface area contributed by atoms with E-state index in [-0.39, 0.29) is 12.1 Å². The second kappa shape index (κ2) is 15.0. The molecule has 2 rings (SSSR count). The van der Waals surface area contributed by atoms with Gasteiger partial charge in [-0.15, -0.1) is 0 Å². The number of carbonyl (C=O) groups is 2. The second-order valence-electron chi connectivity index (χ2n) is 6.97. The standard InChI is InChI=1S/C12H16O3.C6H6.C5H11NO2/c1-3-12(13)14-9-10(2)15-11-7-5-4-6-8-11;1-2-4-6-5-3-1;1-5(2,3)8-4(6)7/h4-8,10H,3,9H2,1-2H3;1-6H;1-3H3,(H2,6,7). The first-order valence-corrected chi connectivity index (χ1v) is 9.49. The van der Waals surface area contributed by atoms with E-state index >= 15 is 0 Å². The van der Waals surface area contributed by atoms with Gasteiger partial charge in [0.1, 0.15) is 24.1 Å². The largest absolute Gasteiger partial charge is 0.487 e. The van der Waals surface area contributed by atoms with Gasteiger partial charge in [-0.1, -0.05) is 61.5 Å². The van der Waals surface area contributed by atoms with E-state index in [2.05, 4.69) is 4.74 Å². The van der Waals surface area contributed by atoms with Gasteiger partial charge in [0.25, 0.3) is 0 Å². The van der Waals surface area contributed by atoms with Gasteiger partial charge in [0.2, 0.25) is 0 Å². The highest BCUT2D eigenvalue weighted by atomic mass is 16.6. The van der Waals surface area contributed by atoms with Crippen LogP contribution in [0.3, 0.4) is 0 Å². The van der Waals surface area contributed by atoms with Crippen molar-refractivity contribution in [3.63, 3.8) is 0 Å². The van der Waals surface area contributed by atoms with E-state index in [1.807, 2.05) is 73.7 Å². The van der Waals surface area contributed by atoms with Crippen molar-refractivity contribution in [1.82, 2.24) is 0 Å². The molecule has 0 saturated carbocycles. The van der Waals surface area contributed by atoms with Crippen LogP contribution in [0.25, 0.3) is 0 Å². The Bertz CT molecular complexity index is 642. The fraction of sp³-hybridized carbons (Fsp3) is 0.391. The molecule has 0 aliphatic carbocycles. The molecule has 160 valence electrons. The Labute approximate surface area is 174 Å². The number of ether oxygens (including phenoxy) is 3. The van der Waals surface area contributed by atoms with E-state index < -0.39 is 11.7 Å². The van der Waals surface area contributed by atoms with E-state index in [0.29, 0.717) is 13.0 Å². The molecule has 2 N–H and O–H groups in total. The van der Waals surface area contributed by atoms with Crippen LogP contribution in [0.1, 0.15) is 41.0 Å². The zero-order chi connectivity index (χ0) is 22.1. The Kier molecular flexibility index (Phi) is 13.4. The van der Waals surface area contributed by atoms with Crippen LogP contribution in [0, 0.1) is 0 Å². The summed E-state index contributed by atoms with van der Waals surface area (Å²) >= 11 is 0. The van der Waals surface area contributed by atoms with Crippen LogP contribution >= 0.6 is 0 Å². The van der Waals surface area contributed by atoms with Gasteiger partial charge in [0, 0.05) is 6.42 Å². The molecule has 0 bridgehead atoms. The first-order chi connectivity index (χ1) is 13.6. The molecule has 0 saturated heterocycles. The Morgan fingerprint density at radius 3 is 1.72 bits per heavy atom. The molecule has 0 heterocycles. The molecule has 0 aliphatic heterocycles. The smallest absolute Gasteiger partial charge is 0.405 e. The normalized spacial score (nSPS) is 10.8. The third kappa shape index (κ3) is 18.1. The van der Waals surface area contributed by atoms with Gasteiger partial charge in [-0.25, -0.2) is 4.79 Å². The van der Waals surface area contributed by atoms with Crippen molar-refractivity contribution in [2.75, 3.05) is 6.61 Å². The zero-order valence-electron chi connectivity index (χ0n) is 18.0. The summed E-state index contributed by atoms with van der Waals surface area (Å²) in [7, 11) is 0. The third-order valence-corrected chi connectivity index (χ3v) is 2.92. The minimum absolute atomic E-state index is 0.122. The minimum atomic E-state index is -0.725. The lowest BCUT2D eigenvalue weighted by molar-refractivity contribution is -0.145. The highest BCUT2D eigenvalue weighted by Crippen LogP contribution is 2.10. The molecule has 1 atom stereocenters. The Balaban J connectivity index is 0.000000466. The summed E-state index contributed by atoms with van der Waals surface area (Å²) in [5.74, 6) is 0.594. The van der Waals surface area contributed by atoms with Crippen LogP contribution < -0.4 is 10.5 Å². The predicted molar refractivity (Wildman–Crippen MR) is 115 cm³/mol. The molecule has 6 nitrogen and oxygen atoms in total. The number of primary amides is 1. The topological polar surface area (TPSA) is 87.9 Å². The molecule has 1 unspecified atom stereocenters. The van der Waals surface area contributed by atoms with Gasteiger partial charge in [-0.2, -0.15) is 0 Å². The predicted octanol–water partition coefficient (Wildman–Crippen LogP) is 4.97. The molecular formula is C23H33NO5. The van der Waals surface area contributed by atoms with Crippen molar-refractivity contribution in [2.45, 2.75) is 52.7 Å². The van der Waals surface area contributed by atoms with Crippen LogP contribution in [0.5, 0.6) is 5.75 Å². The average Bonchev–Trinajstić information content (AvgIpc) is 2.67. The van der Waals surface area contributed by atoms with E-state index in [9.17, 15) is 9.59 Å². The van der Waals surface area contributed by atoms with Crippen molar-refractivity contribution in [3.05, 3.63) is 66.7 Å². The van der Waals surface area contributed by atoms with Crippen LogP contribution in [0.2, 0.25) is 0 Å². The molecule has 0 fully saturated rings. The number of amides is 1. The van der Waals surface area contributed by atoms with Gasteiger partial charge in [-0.05, 0) is 39.8 Å². The monoisotopic (exact) mass is 403 g/mol. The van der Waals surface area contributed by atoms with E-state index in [4.69, 9.17) is 15.2 Å². The fourth-order valence-electron chi connectivity index (χ4n) is 1.76. The number of nitrogens with two attached hydrogens (primary N) is 1. The fourth-order valence-corrected chi connectivity index (χ4v) is 1.76. The van der Waals surface area contributed by atoms with E-state index in [1.54, 1.807) is 27.7 Å². The van der Waals surface area contributed by atoms with Crippen molar-refractivity contribution >= 4 is 12.1 Å². The molecule has 2 aromatic rings. The number of para-hydroxylation sites is 1. The molecule has 0 radical (unpaired) electrons. The highest BCUT2D eigenvalue weighted by molar-refractivity contribution is 5.68. The van der Waals surface area contributed by atoms with Crippen LogP contribution in [0.4, 0.5) is 4.79 Å². The van der Waals surface area contributed by atoms with Crippen molar-refractivity contribution in [3.8, 4) is 5.75 Å². The first-order valence-electron chi connectivity index (χ1n) is 9.49. The summed E-state index contributed by atoms with van der Waals surface area (Å²) in [5.41, 5.74) is 4.26. The number of esters is 1. The van der Waals surface area contributed by atoms with E-state index in [0.717, 1.165) is 5.75 Å². The SMILES string of the molecule is CC(C)(C)OC(N)=O.CCC(=O)OCC(C)Oc1ccccc1.c1ccccc1. The summed E-state index contributed by atoms with van der Waals surface area (Å²) in [6.45, 7) is 9.22. The van der Waals surface area contributed by atoms with Gasteiger partial charge < -0.3 is 19.9 Å². The lowest BCUT2D eigenvalue weighted by Gasteiger charge is -2.16. The number of rotatable bonds is 5. The second-order valence-corrected chi connectivity index (χ2v) is 6.97. The Hall–Kier alpha value is -3.02. The maximum Gasteiger partial charge on any atom is 0.405 e. The summed E-state index contributed by atoms with van der Waals surface area (Å²) in [6, 6.07) is 21.5. The summed E-state index contributed by atoms with van der Waals surface area (Å²) < 4.78 is 15.1. The van der Waals surface area contributed by atoms with Gasteiger partial charge >= 0.3 is 12.1 Å². The number of benzene rings is 2. The van der Waals surface area contributed by atoms with Crippen LogP contribution in [0.15, 0.2) is 66.7 Å². The summed E-state index contributed by atoms with van der Waals surface area (Å²) in [6.07, 6.45) is -0.446. The Morgan fingerprint density at radius 2 is 1.38 bits per heavy atom. The van der Waals surface area contributed by atoms with E-state index in [1.165, 1.54) is 0 Å². The molecule has 0 aliphatic rings. The molecule has 0 aromatic heterocycles. The number of hydrogen-bond donors (Lipinski definition) is 1. The molecule has 1 amide bonds. The quantitative estimate of drug-likeness (QED) is 0.712. The van der Waals surface area contributed by atoms with Crippen molar-refractivity contribution in [1.29, 1.82) is 0 Å². The summed E-state index contributed by atoms with van der Waals surface area (Å²) in [5, 5.41) is 0. The van der Waals surface area contributed by atoms with Gasteiger partial charge in [-0.3, -0.25) is 4.79 Å². The van der Waals surface area contributed by atoms with Crippen LogP contribution in [-0.2, 0) is 14.3 Å². The zero-order valence-corrected chi connectivity index (χ0v) is 18.0. The minimum Gasteiger partial charge on any atom is -0.487 e. The highest BCUT2D eigenvalue weighted by Gasteiger charge is 2.12. The Morgan fingerprint density at radius 1 is 0.931 bits per heavy atom. The lowest BCUT2D eigenvalue weighted by Crippen LogP contribution is -2.27. The number of carbonyl (C=O) groups excluding carboxylic acids is 2. The van der Waals surface area contributed by atoms with Gasteiger partial charge in [0.15, 0.2) is 0 Å². The van der Waals surface area contributed by atoms with Crippen LogP contribution in [-0.4, -0.2) is 30.4 Å². The molecule has 6 heteroatoms. The first kappa shape index (κ1) is 26.0. The molecule has 2 aromatic carbocycles. The lowest BCUT2D eigenvalue weighted by atomic mass is 10.2. The average molecular weight is 404 g/mol. The van der Waals surface area contributed by atoms with Gasteiger partial charge in [0.05, 0.1) is 0 Å². The molecular weight excluding hydrogens is 370 g/mol. The molecule has 29 heavy (non-hydrogen) atoms. The van der Waals surface area contributed by atoms with Crippen molar-refractivity contribution < 1.29 is 23.8 Å². The summed E-state index contributed by atoms with van der Waals surface area (Å²) in [4.78, 5) is 20.9. The number of hydrogen-bond acceptors (Lipinski definition) is 5. The molecule has 0 spiro atoms.